The molecule has 0 amide bonds. The minimum Gasteiger partial charge on any atom is -0.309 e. The molecule has 0 unspecified atom stereocenters. The fourth-order valence-corrected chi connectivity index (χ4v) is 5.54. The van der Waals surface area contributed by atoms with E-state index in [0.717, 1.165) is 36.3 Å². The summed E-state index contributed by atoms with van der Waals surface area (Å²) >= 11 is 0. The quantitative estimate of drug-likeness (QED) is 0.595. The van der Waals surface area contributed by atoms with E-state index in [1.165, 1.54) is 24.0 Å². The van der Waals surface area contributed by atoms with Crippen molar-refractivity contribution in [2.24, 2.45) is 0 Å². The molecular weight excluding hydrogens is 408 g/mol. The summed E-state index contributed by atoms with van der Waals surface area (Å²) in [6, 6.07) is 9.78. The van der Waals surface area contributed by atoms with Crippen molar-refractivity contribution in [3.63, 3.8) is 0 Å². The molecule has 0 atom stereocenters. The molecule has 0 radical (unpaired) electrons. The molecule has 158 valence electrons. The van der Waals surface area contributed by atoms with Gasteiger partial charge in [-0.2, -0.15) is 0 Å². The van der Waals surface area contributed by atoms with Crippen LogP contribution in [0.15, 0.2) is 53.8 Å². The number of hydrogen-bond donors (Lipinski definition) is 0. The van der Waals surface area contributed by atoms with Gasteiger partial charge in [0.15, 0.2) is 9.84 Å². The van der Waals surface area contributed by atoms with Crippen molar-refractivity contribution in [1.82, 2.24) is 15.0 Å². The maximum absolute atomic E-state index is 12.4. The number of hydrogen-bond acceptors (Lipinski definition) is 6. The molecule has 2 fully saturated rings. The first-order valence-electron chi connectivity index (χ1n) is 10.9. The van der Waals surface area contributed by atoms with E-state index in [2.05, 4.69) is 32.0 Å². The third kappa shape index (κ3) is 3.14. The first-order valence-corrected chi connectivity index (χ1v) is 12.6. The zero-order chi connectivity index (χ0) is 21.2. The van der Waals surface area contributed by atoms with Crippen LogP contribution < -0.4 is 4.90 Å². The summed E-state index contributed by atoms with van der Waals surface area (Å²) in [5.41, 5.74) is 5.39. The lowest BCUT2D eigenvalue weighted by molar-refractivity contribution is 0.597. The Labute approximate surface area is 182 Å². The van der Waals surface area contributed by atoms with Crippen LogP contribution in [0.1, 0.15) is 49.7 Å². The highest BCUT2D eigenvalue weighted by Crippen LogP contribution is 2.58. The predicted octanol–water partition coefficient (Wildman–Crippen LogP) is 4.39. The summed E-state index contributed by atoms with van der Waals surface area (Å²) < 4.78 is 24.9. The highest BCUT2D eigenvalue weighted by atomic mass is 32.2. The van der Waals surface area contributed by atoms with Gasteiger partial charge in [-0.1, -0.05) is 13.0 Å². The van der Waals surface area contributed by atoms with Crippen LogP contribution in [0.25, 0.3) is 11.3 Å². The molecule has 0 N–H and O–H groups in total. The Morgan fingerprint density at radius 2 is 1.84 bits per heavy atom. The molecule has 1 spiro atoms. The number of aromatic nitrogens is 3. The van der Waals surface area contributed by atoms with Gasteiger partial charge in [0.25, 0.3) is 0 Å². The van der Waals surface area contributed by atoms with Crippen LogP contribution in [-0.4, -0.2) is 35.7 Å². The average Bonchev–Trinajstić information content (AvgIpc) is 3.72. The van der Waals surface area contributed by atoms with Crippen molar-refractivity contribution in [2.75, 3.05) is 17.2 Å². The number of pyridine rings is 1. The van der Waals surface area contributed by atoms with Crippen LogP contribution in [-0.2, 0) is 15.3 Å². The van der Waals surface area contributed by atoms with Gasteiger partial charge in [0.2, 0.25) is 5.95 Å². The van der Waals surface area contributed by atoms with E-state index in [-0.39, 0.29) is 11.2 Å². The lowest BCUT2D eigenvalue weighted by atomic mass is 9.99. The molecule has 2 saturated carbocycles. The van der Waals surface area contributed by atoms with E-state index < -0.39 is 9.84 Å². The Morgan fingerprint density at radius 3 is 2.52 bits per heavy atom. The Hall–Kier alpha value is -2.80. The van der Waals surface area contributed by atoms with Gasteiger partial charge in [-0.25, -0.2) is 18.4 Å². The largest absolute Gasteiger partial charge is 0.309 e. The number of sulfone groups is 1. The van der Waals surface area contributed by atoms with Gasteiger partial charge in [-0.3, -0.25) is 4.98 Å². The molecule has 0 bridgehead atoms. The summed E-state index contributed by atoms with van der Waals surface area (Å²) in [5, 5.41) is 0. The second-order valence-electron chi connectivity index (χ2n) is 8.97. The monoisotopic (exact) mass is 432 g/mol. The fourth-order valence-electron chi connectivity index (χ4n) is 4.64. The van der Waals surface area contributed by atoms with E-state index in [1.807, 2.05) is 24.7 Å². The van der Waals surface area contributed by atoms with E-state index >= 15 is 0 Å². The minimum absolute atomic E-state index is 0.0923. The number of nitrogens with zero attached hydrogens (tertiary/aromatic N) is 4. The van der Waals surface area contributed by atoms with Gasteiger partial charge in [-0.05, 0) is 67.0 Å². The number of rotatable bonds is 5. The molecule has 3 aromatic rings. The molecule has 3 heterocycles. The summed E-state index contributed by atoms with van der Waals surface area (Å²) in [7, 11) is -3.27. The second kappa shape index (κ2) is 6.60. The molecule has 1 aliphatic heterocycles. The van der Waals surface area contributed by atoms with Crippen LogP contribution in [0.5, 0.6) is 0 Å². The Kier molecular flexibility index (Phi) is 4.03. The Balaban J connectivity index is 1.35. The SMILES string of the molecule is CCS(=O)(=O)c1ccc2c(c1)N(c1ncc(-c3cc(C4CC4)ccn3)cn1)CC21CC1. The molecule has 31 heavy (non-hydrogen) atoms. The Bertz CT molecular complexity index is 1280. The van der Waals surface area contributed by atoms with E-state index in [0.29, 0.717) is 16.8 Å². The van der Waals surface area contributed by atoms with Gasteiger partial charge in [0.05, 0.1) is 16.3 Å². The standard InChI is InChI=1S/C24H24N4O2S/c1-2-31(29,30)19-5-6-20-22(12-19)28(15-24(20)8-9-24)23-26-13-18(14-27-23)21-11-17(7-10-25-21)16-3-4-16/h5-7,10-14,16H,2-4,8-9,15H2,1H3. The zero-order valence-corrected chi connectivity index (χ0v) is 18.3. The maximum atomic E-state index is 12.4. The third-order valence-corrected chi connectivity index (χ3v) is 8.63. The first-order chi connectivity index (χ1) is 15.0. The topological polar surface area (TPSA) is 76.1 Å². The second-order valence-corrected chi connectivity index (χ2v) is 11.2. The van der Waals surface area contributed by atoms with Crippen molar-refractivity contribution in [3.8, 4) is 11.3 Å². The normalized spacial score (nSPS) is 18.9. The average molecular weight is 433 g/mol. The zero-order valence-electron chi connectivity index (χ0n) is 17.5. The highest BCUT2D eigenvalue weighted by molar-refractivity contribution is 7.91. The molecule has 6 rings (SSSR count). The summed E-state index contributed by atoms with van der Waals surface area (Å²) in [4.78, 5) is 16.3. The molecule has 0 saturated heterocycles. The lowest BCUT2D eigenvalue weighted by Gasteiger charge is -2.18. The van der Waals surface area contributed by atoms with Gasteiger partial charge >= 0.3 is 0 Å². The van der Waals surface area contributed by atoms with Crippen LogP contribution >= 0.6 is 0 Å². The smallest absolute Gasteiger partial charge is 0.229 e. The Morgan fingerprint density at radius 1 is 1.06 bits per heavy atom. The molecule has 2 aliphatic carbocycles. The minimum atomic E-state index is -3.27. The molecule has 2 aromatic heterocycles. The van der Waals surface area contributed by atoms with Crippen LogP contribution in [0.2, 0.25) is 0 Å². The fraction of sp³-hybridized carbons (Fsp3) is 0.375. The number of fused-ring (bicyclic) bond motifs is 2. The van der Waals surface area contributed by atoms with Crippen molar-refractivity contribution in [2.45, 2.75) is 48.8 Å². The van der Waals surface area contributed by atoms with Gasteiger partial charge in [0.1, 0.15) is 0 Å². The molecular formula is C24H24N4O2S. The van der Waals surface area contributed by atoms with Crippen molar-refractivity contribution >= 4 is 21.5 Å². The molecule has 6 nitrogen and oxygen atoms in total. The van der Waals surface area contributed by atoms with Crippen LogP contribution in [0.4, 0.5) is 11.6 Å². The number of benzene rings is 1. The van der Waals surface area contributed by atoms with Crippen LogP contribution in [0, 0.1) is 0 Å². The van der Waals surface area contributed by atoms with Crippen molar-refractivity contribution in [1.29, 1.82) is 0 Å². The van der Waals surface area contributed by atoms with Gasteiger partial charge in [-0.15, -0.1) is 0 Å². The predicted molar refractivity (Wildman–Crippen MR) is 119 cm³/mol. The summed E-state index contributed by atoms with van der Waals surface area (Å²) in [6.07, 6.45) is 10.3. The molecule has 1 aromatic carbocycles. The summed E-state index contributed by atoms with van der Waals surface area (Å²) in [5.74, 6) is 1.37. The maximum Gasteiger partial charge on any atom is 0.229 e. The third-order valence-electron chi connectivity index (χ3n) is 6.89. The molecule has 7 heteroatoms. The lowest BCUT2D eigenvalue weighted by Crippen LogP contribution is -2.21. The highest BCUT2D eigenvalue weighted by Gasteiger charge is 2.52. The number of anilines is 2. The van der Waals surface area contributed by atoms with Crippen LogP contribution in [0.3, 0.4) is 0 Å². The van der Waals surface area contributed by atoms with E-state index in [1.54, 1.807) is 19.1 Å². The van der Waals surface area contributed by atoms with Gasteiger partial charge < -0.3 is 4.90 Å². The van der Waals surface area contributed by atoms with Gasteiger partial charge in [0, 0.05) is 41.8 Å². The van der Waals surface area contributed by atoms with Crippen molar-refractivity contribution < 1.29 is 8.42 Å². The summed E-state index contributed by atoms with van der Waals surface area (Å²) in [6.45, 7) is 2.48. The van der Waals surface area contributed by atoms with E-state index in [4.69, 9.17) is 0 Å². The van der Waals surface area contributed by atoms with E-state index in [9.17, 15) is 8.42 Å². The first kappa shape index (κ1) is 18.9. The van der Waals surface area contributed by atoms with Crippen molar-refractivity contribution in [3.05, 3.63) is 60.0 Å². The molecule has 3 aliphatic rings.